The van der Waals surface area contributed by atoms with Crippen LogP contribution in [-0.2, 0) is 0 Å². The van der Waals surface area contributed by atoms with Crippen molar-refractivity contribution < 1.29 is 0 Å². The molecule has 1 saturated heterocycles. The monoisotopic (exact) mass is 155 g/mol. The molecular weight excluding hydrogens is 146 g/mol. The second-order valence-corrected chi connectivity index (χ2v) is 3.33. The first-order chi connectivity index (χ1) is 4.97. The Morgan fingerprint density at radius 3 is 3.30 bits per heavy atom. The summed E-state index contributed by atoms with van der Waals surface area (Å²) in [7, 11) is 0. The Labute approximate surface area is 63.5 Å². The van der Waals surface area contributed by atoms with Crippen LogP contribution in [0.2, 0.25) is 0 Å². The molecule has 3 nitrogen and oxygen atoms in total. The molecular formula is C6H9N3S. The van der Waals surface area contributed by atoms with Crippen LogP contribution in [0.25, 0.3) is 0 Å². The van der Waals surface area contributed by atoms with E-state index in [0.717, 1.165) is 13.1 Å². The molecule has 2 heterocycles. The Morgan fingerprint density at radius 2 is 2.70 bits per heavy atom. The molecule has 1 unspecified atom stereocenters. The third-order valence-electron chi connectivity index (χ3n) is 1.79. The van der Waals surface area contributed by atoms with Crippen molar-refractivity contribution in [2.75, 3.05) is 13.1 Å². The number of nitrogens with one attached hydrogen (secondary N) is 1. The van der Waals surface area contributed by atoms with Gasteiger partial charge >= 0.3 is 0 Å². The van der Waals surface area contributed by atoms with E-state index in [4.69, 9.17) is 0 Å². The van der Waals surface area contributed by atoms with Gasteiger partial charge in [0.05, 0.1) is 0 Å². The quantitative estimate of drug-likeness (QED) is 0.646. The summed E-state index contributed by atoms with van der Waals surface area (Å²) in [5.41, 5.74) is 1.80. The molecule has 2 rings (SSSR count). The maximum Gasteiger partial charge on any atom is 0.121 e. The zero-order valence-electron chi connectivity index (χ0n) is 5.58. The molecule has 0 spiro atoms. The van der Waals surface area contributed by atoms with Gasteiger partial charge in [0.15, 0.2) is 0 Å². The molecule has 0 aromatic carbocycles. The topological polar surface area (TPSA) is 37.8 Å². The van der Waals surface area contributed by atoms with Crippen LogP contribution < -0.4 is 5.32 Å². The molecule has 1 aromatic heterocycles. The molecule has 4 heteroatoms. The Hall–Kier alpha value is -0.480. The molecule has 0 bridgehead atoms. The van der Waals surface area contributed by atoms with E-state index in [-0.39, 0.29) is 0 Å². The third-order valence-corrected chi connectivity index (χ3v) is 2.64. The summed E-state index contributed by atoms with van der Waals surface area (Å²) in [6.45, 7) is 2.21. The maximum absolute atomic E-state index is 4.03. The molecule has 0 amide bonds. The van der Waals surface area contributed by atoms with Gasteiger partial charge in [0.25, 0.3) is 0 Å². The van der Waals surface area contributed by atoms with E-state index in [0.29, 0.717) is 5.92 Å². The molecule has 0 aliphatic carbocycles. The van der Waals surface area contributed by atoms with Crippen LogP contribution in [0.5, 0.6) is 0 Å². The van der Waals surface area contributed by atoms with Gasteiger partial charge in [0.2, 0.25) is 0 Å². The first-order valence-electron chi connectivity index (χ1n) is 3.43. The van der Waals surface area contributed by atoms with Crippen molar-refractivity contribution in [2.45, 2.75) is 12.3 Å². The standard InChI is InChI=1S/C6H9N3S/c1-2-7-3-5(1)6-9-8-4-10-6/h4-5,7H,1-3H2. The van der Waals surface area contributed by atoms with Crippen molar-refractivity contribution in [1.82, 2.24) is 15.5 Å². The first kappa shape index (κ1) is 6.24. The summed E-state index contributed by atoms with van der Waals surface area (Å²) in [5, 5.41) is 12.3. The highest BCUT2D eigenvalue weighted by Gasteiger charge is 2.18. The predicted molar refractivity (Wildman–Crippen MR) is 40.1 cm³/mol. The van der Waals surface area contributed by atoms with Gasteiger partial charge in [-0.2, -0.15) is 0 Å². The lowest BCUT2D eigenvalue weighted by molar-refractivity contribution is 0.741. The van der Waals surface area contributed by atoms with Gasteiger partial charge < -0.3 is 5.32 Å². The molecule has 1 aromatic rings. The van der Waals surface area contributed by atoms with Gasteiger partial charge in [-0.15, -0.1) is 21.5 Å². The van der Waals surface area contributed by atoms with E-state index in [9.17, 15) is 0 Å². The van der Waals surface area contributed by atoms with Crippen molar-refractivity contribution in [1.29, 1.82) is 0 Å². The summed E-state index contributed by atoms with van der Waals surface area (Å²) in [4.78, 5) is 0. The van der Waals surface area contributed by atoms with Gasteiger partial charge in [-0.1, -0.05) is 0 Å². The second kappa shape index (κ2) is 2.64. The van der Waals surface area contributed by atoms with Crippen molar-refractivity contribution in [3.63, 3.8) is 0 Å². The van der Waals surface area contributed by atoms with Crippen molar-refractivity contribution >= 4 is 11.3 Å². The number of nitrogens with zero attached hydrogens (tertiary/aromatic N) is 2. The highest BCUT2D eigenvalue weighted by Crippen LogP contribution is 2.22. The molecule has 1 aliphatic rings. The van der Waals surface area contributed by atoms with Crippen LogP contribution in [0, 0.1) is 0 Å². The molecule has 10 heavy (non-hydrogen) atoms. The number of aromatic nitrogens is 2. The molecule has 1 fully saturated rings. The van der Waals surface area contributed by atoms with E-state index in [1.807, 2.05) is 0 Å². The van der Waals surface area contributed by atoms with Crippen molar-refractivity contribution in [3.05, 3.63) is 10.5 Å². The van der Waals surface area contributed by atoms with Gasteiger partial charge in [0, 0.05) is 12.5 Å². The largest absolute Gasteiger partial charge is 0.316 e. The predicted octanol–water partition coefficient (Wildman–Crippen LogP) is 0.615. The average Bonchev–Trinajstić information content (AvgIpc) is 2.59. The molecule has 1 atom stereocenters. The molecule has 54 valence electrons. The molecule has 1 N–H and O–H groups in total. The third kappa shape index (κ3) is 1.04. The maximum atomic E-state index is 4.03. The summed E-state index contributed by atoms with van der Waals surface area (Å²) in [5.74, 6) is 0.632. The van der Waals surface area contributed by atoms with Crippen LogP contribution in [0.4, 0.5) is 0 Å². The Bertz CT molecular complexity index is 191. The van der Waals surface area contributed by atoms with E-state index in [1.54, 1.807) is 16.8 Å². The van der Waals surface area contributed by atoms with Gasteiger partial charge in [-0.25, -0.2) is 0 Å². The zero-order chi connectivity index (χ0) is 6.81. The van der Waals surface area contributed by atoms with E-state index < -0.39 is 0 Å². The fraction of sp³-hybridized carbons (Fsp3) is 0.667. The van der Waals surface area contributed by atoms with Crippen LogP contribution in [-0.4, -0.2) is 23.3 Å². The smallest absolute Gasteiger partial charge is 0.121 e. The highest BCUT2D eigenvalue weighted by molar-refractivity contribution is 7.09. The minimum atomic E-state index is 0.632. The van der Waals surface area contributed by atoms with Gasteiger partial charge in [-0.3, -0.25) is 0 Å². The minimum absolute atomic E-state index is 0.632. The van der Waals surface area contributed by atoms with Crippen molar-refractivity contribution in [3.8, 4) is 0 Å². The van der Waals surface area contributed by atoms with E-state index in [1.165, 1.54) is 11.4 Å². The highest BCUT2D eigenvalue weighted by atomic mass is 32.1. The molecule has 1 aliphatic heterocycles. The summed E-state index contributed by atoms with van der Waals surface area (Å²) in [6.07, 6.45) is 1.22. The van der Waals surface area contributed by atoms with E-state index >= 15 is 0 Å². The summed E-state index contributed by atoms with van der Waals surface area (Å²) >= 11 is 1.66. The number of hydrogen-bond acceptors (Lipinski definition) is 4. The van der Waals surface area contributed by atoms with Gasteiger partial charge in [-0.05, 0) is 13.0 Å². The fourth-order valence-corrected chi connectivity index (χ4v) is 1.92. The zero-order valence-corrected chi connectivity index (χ0v) is 6.40. The number of hydrogen-bond donors (Lipinski definition) is 1. The van der Waals surface area contributed by atoms with Crippen LogP contribution in [0.15, 0.2) is 5.51 Å². The van der Waals surface area contributed by atoms with E-state index in [2.05, 4.69) is 15.5 Å². The average molecular weight is 155 g/mol. The van der Waals surface area contributed by atoms with Crippen LogP contribution in [0.1, 0.15) is 17.3 Å². The lowest BCUT2D eigenvalue weighted by atomic mass is 10.1. The Morgan fingerprint density at radius 1 is 1.70 bits per heavy atom. The van der Waals surface area contributed by atoms with Crippen LogP contribution >= 0.6 is 11.3 Å². The van der Waals surface area contributed by atoms with Gasteiger partial charge in [0.1, 0.15) is 10.5 Å². The molecule has 0 radical (unpaired) electrons. The summed E-state index contributed by atoms with van der Waals surface area (Å²) in [6, 6.07) is 0. The number of rotatable bonds is 1. The lowest BCUT2D eigenvalue weighted by Crippen LogP contribution is -2.07. The minimum Gasteiger partial charge on any atom is -0.316 e. The van der Waals surface area contributed by atoms with Crippen LogP contribution in [0.3, 0.4) is 0 Å². The van der Waals surface area contributed by atoms with Crippen molar-refractivity contribution in [2.24, 2.45) is 0 Å². The lowest BCUT2D eigenvalue weighted by Gasteiger charge is -1.99. The Kier molecular flexibility index (Phi) is 1.65. The summed E-state index contributed by atoms with van der Waals surface area (Å²) < 4.78 is 0. The molecule has 0 saturated carbocycles. The fourth-order valence-electron chi connectivity index (χ4n) is 1.22. The first-order valence-corrected chi connectivity index (χ1v) is 4.31. The Balaban J connectivity index is 2.12. The normalized spacial score (nSPS) is 25.4. The second-order valence-electron chi connectivity index (χ2n) is 2.47. The SMILES string of the molecule is c1nnc(C2CCNC2)s1.